The molecule has 350 valence electrons. The first kappa shape index (κ1) is 58.5. The van der Waals surface area contributed by atoms with Crippen LogP contribution in [0.1, 0.15) is 252 Å². The molecule has 0 N–H and O–H groups in total. The molecule has 0 atom stereocenters. The fourth-order valence-electron chi connectivity index (χ4n) is 7.26. The van der Waals surface area contributed by atoms with Gasteiger partial charge in [0.15, 0.2) is 6.61 Å². The number of ether oxygens (including phenoxy) is 3. The average Bonchev–Trinajstić information content (AvgIpc) is 3.23. The van der Waals surface area contributed by atoms with Crippen LogP contribution < -0.4 is 0 Å². The van der Waals surface area contributed by atoms with E-state index in [1.165, 1.54) is 212 Å². The molecule has 0 heterocycles. The van der Waals surface area contributed by atoms with Crippen LogP contribution in [0.3, 0.4) is 0 Å². The predicted octanol–water partition coefficient (Wildman–Crippen LogP) is 16.2. The number of thioether (sulfide) groups is 3. The maximum absolute atomic E-state index is 12.7. The summed E-state index contributed by atoms with van der Waals surface area (Å²) in [6.45, 7) is 6.54. The molecule has 0 saturated heterocycles. The molecule has 59 heavy (non-hydrogen) atoms. The molecule has 0 aliphatic carbocycles. The molecule has 0 saturated carbocycles. The van der Waals surface area contributed by atoms with E-state index in [1.54, 1.807) is 35.3 Å². The standard InChI is InChI=1S/C50H96O6S3/c1-4-7-10-13-16-19-22-25-28-31-34-37-40-57-44-47(51)54-43-50(55-48(52)45-58-41-38-35-32-29-26-23-20-17-14-11-8-5-2)56-49(53)46-59-42-39-36-33-30-27-24-21-18-15-12-9-6-3/h50H,4-46H2,1-3H3. The molecular weight excluding hydrogens is 793 g/mol. The fraction of sp³-hybridized carbons (Fsp3) is 0.940. The number of carbonyl (C=O) groups excluding carboxylic acids is 3. The summed E-state index contributed by atoms with van der Waals surface area (Å²) in [6, 6.07) is 0. The molecule has 0 fully saturated rings. The number of rotatable bonds is 49. The van der Waals surface area contributed by atoms with E-state index in [1.807, 2.05) is 0 Å². The largest absolute Gasteiger partial charge is 0.457 e. The highest BCUT2D eigenvalue weighted by atomic mass is 32.2. The van der Waals surface area contributed by atoms with Gasteiger partial charge in [0, 0.05) is 0 Å². The summed E-state index contributed by atoms with van der Waals surface area (Å²) in [5.41, 5.74) is 0. The van der Waals surface area contributed by atoms with Crippen molar-refractivity contribution in [2.75, 3.05) is 41.1 Å². The van der Waals surface area contributed by atoms with E-state index in [0.717, 1.165) is 36.5 Å². The Labute approximate surface area is 379 Å². The zero-order valence-corrected chi connectivity index (χ0v) is 41.6. The van der Waals surface area contributed by atoms with Gasteiger partial charge in [0.05, 0.1) is 17.3 Å². The Morgan fingerprint density at radius 3 is 0.797 bits per heavy atom. The Kier molecular flexibility index (Phi) is 49.6. The van der Waals surface area contributed by atoms with Crippen molar-refractivity contribution >= 4 is 53.2 Å². The highest BCUT2D eigenvalue weighted by molar-refractivity contribution is 8.00. The number of esters is 3. The molecule has 0 bridgehead atoms. The Bertz CT molecular complexity index is 845. The third-order valence-corrected chi connectivity index (χ3v) is 14.0. The van der Waals surface area contributed by atoms with Gasteiger partial charge in [-0.25, -0.2) is 0 Å². The normalized spacial score (nSPS) is 11.4. The van der Waals surface area contributed by atoms with Crippen LogP contribution in [0.15, 0.2) is 0 Å². The molecule has 0 aliphatic heterocycles. The van der Waals surface area contributed by atoms with Gasteiger partial charge < -0.3 is 14.2 Å². The topological polar surface area (TPSA) is 78.9 Å². The molecule has 0 aromatic carbocycles. The van der Waals surface area contributed by atoms with Gasteiger partial charge in [-0.3, -0.25) is 14.4 Å². The van der Waals surface area contributed by atoms with E-state index < -0.39 is 18.2 Å². The van der Waals surface area contributed by atoms with Crippen LogP contribution in [0, 0.1) is 0 Å². The van der Waals surface area contributed by atoms with E-state index in [-0.39, 0.29) is 29.8 Å². The zero-order chi connectivity index (χ0) is 43.0. The molecule has 0 unspecified atom stereocenters. The Morgan fingerprint density at radius 2 is 0.542 bits per heavy atom. The molecule has 0 rings (SSSR count). The van der Waals surface area contributed by atoms with Crippen molar-refractivity contribution in [3.05, 3.63) is 0 Å². The lowest BCUT2D eigenvalue weighted by atomic mass is 10.1. The zero-order valence-electron chi connectivity index (χ0n) is 39.2. The van der Waals surface area contributed by atoms with Crippen LogP contribution in [0.4, 0.5) is 0 Å². The van der Waals surface area contributed by atoms with Gasteiger partial charge in [0.2, 0.25) is 0 Å². The van der Waals surface area contributed by atoms with E-state index in [0.29, 0.717) is 0 Å². The monoisotopic (exact) mass is 889 g/mol. The van der Waals surface area contributed by atoms with E-state index >= 15 is 0 Å². The quantitative estimate of drug-likeness (QED) is 0.0337. The summed E-state index contributed by atoms with van der Waals surface area (Å²) in [4.78, 5) is 38.0. The van der Waals surface area contributed by atoms with Crippen LogP contribution in [0.5, 0.6) is 0 Å². The molecule has 0 radical (unpaired) electrons. The molecule has 0 aromatic heterocycles. The first-order valence-electron chi connectivity index (χ1n) is 25.3. The Hall–Kier alpha value is -0.540. The number of hydrogen-bond acceptors (Lipinski definition) is 9. The Morgan fingerprint density at radius 1 is 0.322 bits per heavy atom. The van der Waals surface area contributed by atoms with E-state index in [9.17, 15) is 14.4 Å². The highest BCUT2D eigenvalue weighted by Crippen LogP contribution is 2.17. The summed E-state index contributed by atoms with van der Waals surface area (Å²) in [5, 5.41) is 0. The molecule has 9 heteroatoms. The van der Waals surface area contributed by atoms with Crippen molar-refractivity contribution in [2.24, 2.45) is 0 Å². The summed E-state index contributed by atoms with van der Waals surface area (Å²) in [7, 11) is 0. The lowest BCUT2D eigenvalue weighted by Crippen LogP contribution is -2.32. The minimum atomic E-state index is -1.21. The molecule has 0 aromatic rings. The smallest absolute Gasteiger partial charge is 0.319 e. The van der Waals surface area contributed by atoms with Crippen molar-refractivity contribution in [1.29, 1.82) is 0 Å². The van der Waals surface area contributed by atoms with Crippen LogP contribution in [-0.2, 0) is 28.6 Å². The predicted molar refractivity (Wildman–Crippen MR) is 262 cm³/mol. The number of carbonyl (C=O) groups is 3. The van der Waals surface area contributed by atoms with Gasteiger partial charge in [-0.15, -0.1) is 0 Å². The minimum Gasteiger partial charge on any atom is -0.457 e. The molecule has 0 spiro atoms. The molecule has 0 amide bonds. The fourth-order valence-corrected chi connectivity index (χ4v) is 9.64. The summed E-state index contributed by atoms with van der Waals surface area (Å²) >= 11 is 4.69. The van der Waals surface area contributed by atoms with Crippen LogP contribution in [-0.4, -0.2) is 65.3 Å². The second-order valence-electron chi connectivity index (χ2n) is 16.9. The van der Waals surface area contributed by atoms with Gasteiger partial charge in [-0.2, -0.15) is 35.3 Å². The van der Waals surface area contributed by atoms with Gasteiger partial charge in [0.1, 0.15) is 0 Å². The van der Waals surface area contributed by atoms with Crippen LogP contribution in [0.25, 0.3) is 0 Å². The van der Waals surface area contributed by atoms with Gasteiger partial charge >= 0.3 is 17.9 Å². The van der Waals surface area contributed by atoms with Crippen molar-refractivity contribution in [3.63, 3.8) is 0 Å². The molecular formula is C50H96O6S3. The van der Waals surface area contributed by atoms with Crippen molar-refractivity contribution in [3.8, 4) is 0 Å². The summed E-state index contributed by atoms with van der Waals surface area (Å²) < 4.78 is 16.5. The SMILES string of the molecule is CCCCCCCCCCCCCCSCC(=O)OCC(OC(=O)CSCCCCCCCCCCCCCC)OC(=O)CSCCCCCCCCCCCCCC. The first-order chi connectivity index (χ1) is 29.0. The Balaban J connectivity index is 4.31. The van der Waals surface area contributed by atoms with Crippen molar-refractivity contribution in [1.82, 2.24) is 0 Å². The lowest BCUT2D eigenvalue weighted by Gasteiger charge is -2.18. The van der Waals surface area contributed by atoms with Crippen molar-refractivity contribution < 1.29 is 28.6 Å². The van der Waals surface area contributed by atoms with Crippen molar-refractivity contribution in [2.45, 2.75) is 258 Å². The van der Waals surface area contributed by atoms with Crippen LogP contribution >= 0.6 is 35.3 Å². The number of hydrogen-bond donors (Lipinski definition) is 0. The molecule has 6 nitrogen and oxygen atoms in total. The average molecular weight is 890 g/mol. The van der Waals surface area contributed by atoms with E-state index in [4.69, 9.17) is 14.2 Å². The maximum Gasteiger partial charge on any atom is 0.319 e. The summed E-state index contributed by atoms with van der Waals surface area (Å²) in [5.74, 6) is 2.13. The first-order valence-corrected chi connectivity index (χ1v) is 28.8. The third kappa shape index (κ3) is 48.3. The third-order valence-electron chi connectivity index (χ3n) is 11.0. The van der Waals surface area contributed by atoms with Gasteiger partial charge in [-0.1, -0.05) is 233 Å². The maximum atomic E-state index is 12.7. The number of unbranched alkanes of at least 4 members (excludes halogenated alkanes) is 33. The van der Waals surface area contributed by atoms with Crippen LogP contribution in [0.2, 0.25) is 0 Å². The minimum absolute atomic E-state index is 0.197. The van der Waals surface area contributed by atoms with Gasteiger partial charge in [-0.05, 0) is 36.5 Å². The molecule has 0 aliphatic rings. The second-order valence-corrected chi connectivity index (χ2v) is 20.2. The second kappa shape index (κ2) is 50.1. The van der Waals surface area contributed by atoms with Gasteiger partial charge in [0.25, 0.3) is 6.29 Å². The lowest BCUT2D eigenvalue weighted by molar-refractivity contribution is -0.195. The van der Waals surface area contributed by atoms with E-state index in [2.05, 4.69) is 20.8 Å². The highest BCUT2D eigenvalue weighted by Gasteiger charge is 2.21. The summed E-state index contributed by atoms with van der Waals surface area (Å²) in [6.07, 6.45) is 45.9.